The van der Waals surface area contributed by atoms with Crippen molar-refractivity contribution in [2.24, 2.45) is 5.73 Å². The van der Waals surface area contributed by atoms with E-state index in [4.69, 9.17) is 5.73 Å². The van der Waals surface area contributed by atoms with Gasteiger partial charge in [0.15, 0.2) is 0 Å². The van der Waals surface area contributed by atoms with Crippen LogP contribution >= 0.6 is 22.7 Å². The lowest BCUT2D eigenvalue weighted by atomic mass is 10.0. The van der Waals surface area contributed by atoms with E-state index in [0.717, 1.165) is 13.0 Å². The number of thiophene rings is 2. The van der Waals surface area contributed by atoms with Gasteiger partial charge in [-0.25, -0.2) is 0 Å². The van der Waals surface area contributed by atoms with E-state index in [2.05, 4.69) is 53.9 Å². The minimum absolute atomic E-state index is 0.189. The lowest BCUT2D eigenvalue weighted by Gasteiger charge is -2.31. The molecule has 2 nitrogen and oxygen atoms in total. The van der Waals surface area contributed by atoms with Gasteiger partial charge >= 0.3 is 0 Å². The van der Waals surface area contributed by atoms with Crippen molar-refractivity contribution >= 4 is 22.7 Å². The van der Waals surface area contributed by atoms with Crippen LogP contribution in [-0.2, 0) is 6.54 Å². The largest absolute Gasteiger partial charge is 0.326 e. The third-order valence-corrected chi connectivity index (χ3v) is 4.98. The topological polar surface area (TPSA) is 29.3 Å². The minimum Gasteiger partial charge on any atom is -0.326 e. The second kappa shape index (κ2) is 6.48. The molecule has 0 fully saturated rings. The normalized spacial score (nSPS) is 14.9. The summed E-state index contributed by atoms with van der Waals surface area (Å²) in [6.45, 7) is 3.12. The molecule has 0 bridgehead atoms. The molecule has 0 aliphatic rings. The van der Waals surface area contributed by atoms with E-state index in [1.807, 2.05) is 0 Å². The van der Waals surface area contributed by atoms with Crippen LogP contribution in [0.3, 0.4) is 0 Å². The molecule has 18 heavy (non-hydrogen) atoms. The quantitative estimate of drug-likeness (QED) is 0.874. The molecule has 0 aromatic carbocycles. The Labute approximate surface area is 117 Å². The standard InChI is InChI=1S/C14H20N2S2/c1-3-12(15)14(13-7-5-9-18-13)16(2)10-11-6-4-8-17-11/h4-9,12,14H,3,10,15H2,1-2H3. The van der Waals surface area contributed by atoms with Gasteiger partial charge in [0, 0.05) is 22.3 Å². The lowest BCUT2D eigenvalue weighted by molar-refractivity contribution is 0.206. The highest BCUT2D eigenvalue weighted by molar-refractivity contribution is 7.10. The molecule has 0 aliphatic heterocycles. The Balaban J connectivity index is 2.13. The monoisotopic (exact) mass is 280 g/mol. The van der Waals surface area contributed by atoms with Gasteiger partial charge in [0.25, 0.3) is 0 Å². The van der Waals surface area contributed by atoms with Gasteiger partial charge < -0.3 is 5.73 Å². The van der Waals surface area contributed by atoms with E-state index < -0.39 is 0 Å². The van der Waals surface area contributed by atoms with Crippen molar-refractivity contribution in [1.82, 2.24) is 4.90 Å². The Morgan fingerprint density at radius 2 is 1.94 bits per heavy atom. The zero-order chi connectivity index (χ0) is 13.0. The third-order valence-electron chi connectivity index (χ3n) is 3.17. The molecule has 2 rings (SSSR count). The SMILES string of the molecule is CCC(N)C(c1cccs1)N(C)Cc1cccs1. The molecule has 2 heterocycles. The summed E-state index contributed by atoms with van der Waals surface area (Å²) >= 11 is 3.60. The molecule has 0 saturated heterocycles. The summed E-state index contributed by atoms with van der Waals surface area (Å²) in [4.78, 5) is 5.12. The molecule has 0 aliphatic carbocycles. The van der Waals surface area contributed by atoms with Crippen molar-refractivity contribution < 1.29 is 0 Å². The molecule has 98 valence electrons. The van der Waals surface area contributed by atoms with Gasteiger partial charge in [0.05, 0.1) is 6.04 Å². The van der Waals surface area contributed by atoms with Crippen LogP contribution < -0.4 is 5.73 Å². The van der Waals surface area contributed by atoms with Crippen LogP contribution in [0, 0.1) is 0 Å². The van der Waals surface area contributed by atoms with Gasteiger partial charge in [-0.05, 0) is 36.4 Å². The molecule has 0 saturated carbocycles. The summed E-state index contributed by atoms with van der Waals surface area (Å²) in [5.74, 6) is 0. The van der Waals surface area contributed by atoms with Gasteiger partial charge in [-0.2, -0.15) is 0 Å². The summed E-state index contributed by atoms with van der Waals surface area (Å²) in [5.41, 5.74) is 6.31. The molecule has 0 amide bonds. The summed E-state index contributed by atoms with van der Waals surface area (Å²) in [6, 6.07) is 9.09. The first-order valence-electron chi connectivity index (χ1n) is 6.24. The molecule has 2 N–H and O–H groups in total. The minimum atomic E-state index is 0.189. The summed E-state index contributed by atoms with van der Waals surface area (Å²) in [7, 11) is 2.17. The highest BCUT2D eigenvalue weighted by Gasteiger charge is 2.24. The predicted molar refractivity (Wildman–Crippen MR) is 81.1 cm³/mol. The first-order valence-corrected chi connectivity index (χ1v) is 8.00. The molecule has 2 unspecified atom stereocenters. The number of likely N-dealkylation sites (N-methyl/N-ethyl adjacent to an activating group) is 1. The fourth-order valence-corrected chi connectivity index (χ4v) is 3.92. The second-order valence-electron chi connectivity index (χ2n) is 4.53. The second-order valence-corrected chi connectivity index (χ2v) is 6.54. The van der Waals surface area contributed by atoms with Crippen LogP contribution in [0.5, 0.6) is 0 Å². The highest BCUT2D eigenvalue weighted by atomic mass is 32.1. The fourth-order valence-electron chi connectivity index (χ4n) is 2.18. The average Bonchev–Trinajstić information content (AvgIpc) is 3.02. The highest BCUT2D eigenvalue weighted by Crippen LogP contribution is 2.29. The summed E-state index contributed by atoms with van der Waals surface area (Å²) < 4.78 is 0. The zero-order valence-electron chi connectivity index (χ0n) is 10.9. The Kier molecular flexibility index (Phi) is 4.95. The van der Waals surface area contributed by atoms with Gasteiger partial charge in [-0.3, -0.25) is 4.90 Å². The van der Waals surface area contributed by atoms with Crippen LogP contribution in [0.4, 0.5) is 0 Å². The number of hydrogen-bond acceptors (Lipinski definition) is 4. The molecule has 0 spiro atoms. The predicted octanol–water partition coefficient (Wildman–Crippen LogP) is 3.72. The van der Waals surface area contributed by atoms with Crippen molar-refractivity contribution in [3.8, 4) is 0 Å². The first-order chi connectivity index (χ1) is 8.72. The van der Waals surface area contributed by atoms with Crippen LogP contribution in [0.2, 0.25) is 0 Å². The van der Waals surface area contributed by atoms with E-state index >= 15 is 0 Å². The lowest BCUT2D eigenvalue weighted by Crippen LogP contribution is -2.37. The first kappa shape index (κ1) is 13.7. The van der Waals surface area contributed by atoms with Gasteiger partial charge in [-0.15, -0.1) is 22.7 Å². The maximum Gasteiger partial charge on any atom is 0.0594 e. The summed E-state index contributed by atoms with van der Waals surface area (Å²) in [5, 5.41) is 4.26. The summed E-state index contributed by atoms with van der Waals surface area (Å²) in [6.07, 6.45) is 0.997. The van der Waals surface area contributed by atoms with Crippen molar-refractivity contribution in [2.45, 2.75) is 32.0 Å². The van der Waals surface area contributed by atoms with Crippen molar-refractivity contribution in [3.63, 3.8) is 0 Å². The molecule has 2 aromatic rings. The molecule has 0 radical (unpaired) electrons. The number of nitrogens with zero attached hydrogens (tertiary/aromatic N) is 1. The Bertz CT molecular complexity index is 436. The van der Waals surface area contributed by atoms with Crippen LogP contribution in [0.25, 0.3) is 0 Å². The molecular weight excluding hydrogens is 260 g/mol. The Hall–Kier alpha value is -0.680. The van der Waals surface area contributed by atoms with E-state index in [-0.39, 0.29) is 6.04 Å². The van der Waals surface area contributed by atoms with Crippen LogP contribution in [0.15, 0.2) is 35.0 Å². The molecule has 4 heteroatoms. The van der Waals surface area contributed by atoms with Crippen molar-refractivity contribution in [3.05, 3.63) is 44.8 Å². The van der Waals surface area contributed by atoms with Crippen LogP contribution in [-0.4, -0.2) is 18.0 Å². The smallest absolute Gasteiger partial charge is 0.0594 e. The number of rotatable bonds is 6. The third kappa shape index (κ3) is 3.20. The van der Waals surface area contributed by atoms with E-state index in [1.54, 1.807) is 22.7 Å². The maximum absolute atomic E-state index is 6.31. The van der Waals surface area contributed by atoms with E-state index in [0.29, 0.717) is 6.04 Å². The molecular formula is C14H20N2S2. The number of nitrogens with two attached hydrogens (primary N) is 1. The van der Waals surface area contributed by atoms with Gasteiger partial charge in [0.1, 0.15) is 0 Å². The van der Waals surface area contributed by atoms with Crippen molar-refractivity contribution in [1.29, 1.82) is 0 Å². The zero-order valence-corrected chi connectivity index (χ0v) is 12.5. The fraction of sp³-hybridized carbons (Fsp3) is 0.429. The van der Waals surface area contributed by atoms with Gasteiger partial charge in [-0.1, -0.05) is 19.1 Å². The van der Waals surface area contributed by atoms with E-state index in [1.165, 1.54) is 9.75 Å². The molecule has 2 atom stereocenters. The molecule has 2 aromatic heterocycles. The number of hydrogen-bond donors (Lipinski definition) is 1. The van der Waals surface area contributed by atoms with Crippen LogP contribution in [0.1, 0.15) is 29.1 Å². The van der Waals surface area contributed by atoms with E-state index in [9.17, 15) is 0 Å². The Morgan fingerprint density at radius 1 is 1.22 bits per heavy atom. The van der Waals surface area contributed by atoms with Crippen molar-refractivity contribution in [2.75, 3.05) is 7.05 Å². The maximum atomic E-state index is 6.31. The Morgan fingerprint density at radius 3 is 2.50 bits per heavy atom. The van der Waals surface area contributed by atoms with Gasteiger partial charge in [0.2, 0.25) is 0 Å². The average molecular weight is 280 g/mol.